The minimum atomic E-state index is -0.980. The number of hydrogen-bond acceptors (Lipinski definition) is 6. The zero-order valence-electron chi connectivity index (χ0n) is 16.3. The van der Waals surface area contributed by atoms with E-state index < -0.39 is 17.7 Å². The second-order valence-corrected chi connectivity index (χ2v) is 7.25. The molecule has 1 amide bonds. The van der Waals surface area contributed by atoms with Gasteiger partial charge in [0.25, 0.3) is 11.7 Å². The maximum absolute atomic E-state index is 13.0. The molecule has 1 aliphatic heterocycles. The molecule has 2 aromatic carbocycles. The van der Waals surface area contributed by atoms with Crippen molar-refractivity contribution < 1.29 is 24.5 Å². The van der Waals surface area contributed by atoms with Gasteiger partial charge < -0.3 is 14.9 Å². The third-order valence-corrected chi connectivity index (χ3v) is 5.27. The normalized spacial score (nSPS) is 17.7. The number of Topliss-reactive ketones (excluding diaryl/α,β-unsaturated/α-hetero) is 1. The largest absolute Gasteiger partial charge is 0.507 e. The first-order chi connectivity index (χ1) is 14.9. The lowest BCUT2D eigenvalue weighted by molar-refractivity contribution is -0.132. The monoisotopic (exact) mass is 436 g/mol. The van der Waals surface area contributed by atoms with Crippen LogP contribution in [0.5, 0.6) is 11.5 Å². The number of aromatic hydroxyl groups is 1. The first-order valence-corrected chi connectivity index (χ1v) is 9.64. The third-order valence-electron chi connectivity index (χ3n) is 5.02. The summed E-state index contributed by atoms with van der Waals surface area (Å²) in [6.07, 6.45) is 2.94. The average molecular weight is 437 g/mol. The molecule has 1 aromatic heterocycles. The van der Waals surface area contributed by atoms with Gasteiger partial charge in [0.15, 0.2) is 11.5 Å². The summed E-state index contributed by atoms with van der Waals surface area (Å²) in [5, 5.41) is 21.7. The number of phenolic OH excluding ortho intramolecular Hbond substituents is 1. The van der Waals surface area contributed by atoms with Crippen molar-refractivity contribution in [1.82, 2.24) is 4.98 Å². The molecule has 0 saturated carbocycles. The number of hydrogen-bond donors (Lipinski definition) is 2. The number of aliphatic hydroxyl groups excluding tert-OH is 1. The number of carbonyl (C=O) groups is 2. The van der Waals surface area contributed by atoms with Crippen LogP contribution in [0.4, 0.5) is 5.69 Å². The molecule has 156 valence electrons. The predicted octanol–water partition coefficient (Wildman–Crippen LogP) is 4.08. The lowest BCUT2D eigenvalue weighted by Gasteiger charge is -2.25. The number of pyridine rings is 1. The van der Waals surface area contributed by atoms with Crippen molar-refractivity contribution in [3.63, 3.8) is 0 Å². The average Bonchev–Trinajstić information content (AvgIpc) is 3.05. The van der Waals surface area contributed by atoms with Crippen LogP contribution in [0, 0.1) is 0 Å². The number of ether oxygens (including phenoxy) is 1. The molecule has 3 aromatic rings. The van der Waals surface area contributed by atoms with Gasteiger partial charge in [0.2, 0.25) is 0 Å². The van der Waals surface area contributed by atoms with E-state index in [4.69, 9.17) is 16.3 Å². The lowest BCUT2D eigenvalue weighted by atomic mass is 9.95. The Kier molecular flexibility index (Phi) is 5.35. The Hall–Kier alpha value is -3.84. The highest BCUT2D eigenvalue weighted by Gasteiger charge is 2.47. The van der Waals surface area contributed by atoms with Crippen molar-refractivity contribution in [2.45, 2.75) is 6.04 Å². The fourth-order valence-corrected chi connectivity index (χ4v) is 3.68. The number of phenols is 1. The van der Waals surface area contributed by atoms with Crippen LogP contribution in [0.1, 0.15) is 17.2 Å². The van der Waals surface area contributed by atoms with Gasteiger partial charge in [0, 0.05) is 28.7 Å². The van der Waals surface area contributed by atoms with Gasteiger partial charge in [-0.25, -0.2) is 0 Å². The molecule has 8 heteroatoms. The molecule has 0 bridgehead atoms. The zero-order valence-corrected chi connectivity index (χ0v) is 17.1. The van der Waals surface area contributed by atoms with Crippen molar-refractivity contribution in [3.8, 4) is 11.5 Å². The molecular weight excluding hydrogens is 420 g/mol. The smallest absolute Gasteiger partial charge is 0.300 e. The maximum atomic E-state index is 13.0. The molecule has 0 spiro atoms. The Morgan fingerprint density at radius 1 is 1.06 bits per heavy atom. The van der Waals surface area contributed by atoms with Crippen molar-refractivity contribution in [2.75, 3.05) is 12.0 Å². The Morgan fingerprint density at radius 3 is 2.35 bits per heavy atom. The van der Waals surface area contributed by atoms with E-state index in [1.807, 2.05) is 0 Å². The molecule has 0 aliphatic carbocycles. The highest BCUT2D eigenvalue weighted by Crippen LogP contribution is 2.44. The number of halogens is 1. The highest BCUT2D eigenvalue weighted by atomic mass is 35.5. The number of anilines is 1. The molecule has 7 nitrogen and oxygen atoms in total. The predicted molar refractivity (Wildman–Crippen MR) is 115 cm³/mol. The number of aliphatic hydroxyl groups is 1. The van der Waals surface area contributed by atoms with E-state index in [1.165, 1.54) is 48.7 Å². The molecule has 1 fully saturated rings. The van der Waals surface area contributed by atoms with Gasteiger partial charge in [-0.15, -0.1) is 0 Å². The molecule has 2 heterocycles. The summed E-state index contributed by atoms with van der Waals surface area (Å²) < 4.78 is 5.09. The lowest BCUT2D eigenvalue weighted by Crippen LogP contribution is -2.29. The topological polar surface area (TPSA) is 100.0 Å². The number of ketones is 1. The molecular formula is C23H17ClN2O5. The number of amides is 1. The Labute approximate surface area is 182 Å². The summed E-state index contributed by atoms with van der Waals surface area (Å²) >= 11 is 5.98. The standard InChI is InChI=1S/C23H17ClN2O5/c1-31-18-7-2-14(12-17(18)27)20-19(21(28)13-8-10-25-11-9-13)22(29)23(30)26(20)16-5-3-15(24)4-6-16/h2-12,20,27-28H,1H3/b21-19-. The van der Waals surface area contributed by atoms with Gasteiger partial charge in [-0.3, -0.25) is 19.5 Å². The molecule has 2 N–H and O–H groups in total. The fourth-order valence-electron chi connectivity index (χ4n) is 3.56. The van der Waals surface area contributed by atoms with Crippen molar-refractivity contribution >= 4 is 34.7 Å². The first kappa shape index (κ1) is 20.4. The summed E-state index contributed by atoms with van der Waals surface area (Å²) in [5.41, 5.74) is 1.08. The van der Waals surface area contributed by atoms with Crippen LogP contribution in [0.15, 0.2) is 72.6 Å². The molecule has 1 unspecified atom stereocenters. The van der Waals surface area contributed by atoms with E-state index in [-0.39, 0.29) is 22.8 Å². The summed E-state index contributed by atoms with van der Waals surface area (Å²) in [4.78, 5) is 31.2. The molecule has 4 rings (SSSR count). The SMILES string of the molecule is COc1ccc(C2/C(=C(/O)c3ccncc3)C(=O)C(=O)N2c2ccc(Cl)cc2)cc1O. The number of carbonyl (C=O) groups excluding carboxylic acids is 2. The highest BCUT2D eigenvalue weighted by molar-refractivity contribution is 6.51. The fraction of sp³-hybridized carbons (Fsp3) is 0.0870. The van der Waals surface area contributed by atoms with Crippen molar-refractivity contribution in [3.05, 3.63) is 88.7 Å². The quantitative estimate of drug-likeness (QED) is 0.363. The molecule has 1 atom stereocenters. The maximum Gasteiger partial charge on any atom is 0.300 e. The minimum absolute atomic E-state index is 0.101. The number of aromatic nitrogens is 1. The third kappa shape index (κ3) is 3.60. The van der Waals surface area contributed by atoms with Crippen molar-refractivity contribution in [1.29, 1.82) is 0 Å². The summed E-state index contributed by atoms with van der Waals surface area (Å²) in [7, 11) is 1.41. The first-order valence-electron chi connectivity index (χ1n) is 9.26. The minimum Gasteiger partial charge on any atom is -0.507 e. The van der Waals surface area contributed by atoms with E-state index in [1.54, 1.807) is 30.3 Å². The zero-order chi connectivity index (χ0) is 22.1. The van der Waals surface area contributed by atoms with Crippen LogP contribution in [0.3, 0.4) is 0 Å². The summed E-state index contributed by atoms with van der Waals surface area (Å²) in [6, 6.07) is 13.1. The molecule has 1 aliphatic rings. The molecule has 0 radical (unpaired) electrons. The number of rotatable bonds is 4. The number of methoxy groups -OCH3 is 1. The molecule has 1 saturated heterocycles. The van der Waals surface area contributed by atoms with E-state index in [0.29, 0.717) is 21.8 Å². The second kappa shape index (κ2) is 8.12. The van der Waals surface area contributed by atoms with Gasteiger partial charge >= 0.3 is 0 Å². The van der Waals surface area contributed by atoms with E-state index in [0.717, 1.165) is 0 Å². The van der Waals surface area contributed by atoms with Crippen LogP contribution in [-0.2, 0) is 9.59 Å². The van der Waals surface area contributed by atoms with Crippen LogP contribution < -0.4 is 9.64 Å². The van der Waals surface area contributed by atoms with E-state index in [9.17, 15) is 19.8 Å². The second-order valence-electron chi connectivity index (χ2n) is 6.81. The van der Waals surface area contributed by atoms with Gasteiger partial charge in [0.05, 0.1) is 18.7 Å². The number of benzene rings is 2. The van der Waals surface area contributed by atoms with Crippen LogP contribution in [0.25, 0.3) is 5.76 Å². The molecule has 31 heavy (non-hydrogen) atoms. The van der Waals surface area contributed by atoms with E-state index in [2.05, 4.69) is 4.98 Å². The van der Waals surface area contributed by atoms with Crippen molar-refractivity contribution in [2.24, 2.45) is 0 Å². The Morgan fingerprint density at radius 2 is 1.74 bits per heavy atom. The van der Waals surface area contributed by atoms with Gasteiger partial charge in [-0.1, -0.05) is 17.7 Å². The van der Waals surface area contributed by atoms with Crippen LogP contribution >= 0.6 is 11.6 Å². The van der Waals surface area contributed by atoms with Crippen LogP contribution in [-0.4, -0.2) is 34.0 Å². The summed E-state index contributed by atoms with van der Waals surface area (Å²) in [6.45, 7) is 0. The number of nitrogens with zero attached hydrogens (tertiary/aromatic N) is 2. The summed E-state index contributed by atoms with van der Waals surface area (Å²) in [5.74, 6) is -1.91. The van der Waals surface area contributed by atoms with Gasteiger partial charge in [-0.2, -0.15) is 0 Å². The van der Waals surface area contributed by atoms with Crippen LogP contribution in [0.2, 0.25) is 5.02 Å². The Bertz CT molecular complexity index is 1190. The van der Waals surface area contributed by atoms with Gasteiger partial charge in [-0.05, 0) is 54.1 Å². The Balaban J connectivity index is 1.95. The van der Waals surface area contributed by atoms with Gasteiger partial charge in [0.1, 0.15) is 5.76 Å². The van der Waals surface area contributed by atoms with E-state index >= 15 is 0 Å².